The van der Waals surface area contributed by atoms with Gasteiger partial charge in [0, 0.05) is 26.0 Å². The zero-order valence-corrected chi connectivity index (χ0v) is 8.49. The van der Waals surface area contributed by atoms with Crippen molar-refractivity contribution in [1.82, 2.24) is 15.3 Å². The van der Waals surface area contributed by atoms with Crippen LogP contribution in [-0.2, 0) is 0 Å². The summed E-state index contributed by atoms with van der Waals surface area (Å²) >= 11 is 0. The van der Waals surface area contributed by atoms with Crippen LogP contribution in [-0.4, -0.2) is 35.3 Å². The molecule has 0 aliphatic carbocycles. The molecule has 3 N–H and O–H groups in total. The second-order valence-electron chi connectivity index (χ2n) is 2.94. The molecule has 0 unspecified atom stereocenters. The van der Waals surface area contributed by atoms with E-state index in [1.165, 1.54) is 0 Å². The van der Waals surface area contributed by atoms with Crippen LogP contribution in [0.5, 0.6) is 0 Å². The second kappa shape index (κ2) is 5.51. The van der Waals surface area contributed by atoms with Crippen molar-refractivity contribution < 1.29 is 5.11 Å². The van der Waals surface area contributed by atoms with Crippen molar-refractivity contribution >= 4 is 5.82 Å². The standard InChI is InChI=1S/C9H16N4O/c1-7(11-5-6-14)8-9(10-2)13-4-3-12-8/h3-4,7,11,14H,5-6H2,1-2H3,(H,10,13)/t7-/m1/s1. The van der Waals surface area contributed by atoms with Crippen molar-refractivity contribution in [3.8, 4) is 0 Å². The van der Waals surface area contributed by atoms with E-state index in [2.05, 4.69) is 20.6 Å². The third-order valence-corrected chi connectivity index (χ3v) is 1.94. The van der Waals surface area contributed by atoms with Gasteiger partial charge in [0.25, 0.3) is 0 Å². The van der Waals surface area contributed by atoms with Crippen molar-refractivity contribution in [1.29, 1.82) is 0 Å². The maximum atomic E-state index is 8.67. The van der Waals surface area contributed by atoms with Crippen LogP contribution >= 0.6 is 0 Å². The molecule has 0 saturated carbocycles. The van der Waals surface area contributed by atoms with Crippen molar-refractivity contribution in [3.05, 3.63) is 18.1 Å². The number of hydrogen-bond donors (Lipinski definition) is 3. The van der Waals surface area contributed by atoms with Gasteiger partial charge in [0.2, 0.25) is 0 Å². The minimum absolute atomic E-state index is 0.0818. The lowest BCUT2D eigenvalue weighted by Crippen LogP contribution is -2.23. The molecule has 1 heterocycles. The molecule has 0 aliphatic heterocycles. The Bertz CT molecular complexity index is 279. The van der Waals surface area contributed by atoms with E-state index in [0.717, 1.165) is 11.5 Å². The fourth-order valence-corrected chi connectivity index (χ4v) is 1.24. The molecule has 0 spiro atoms. The highest BCUT2D eigenvalue weighted by Crippen LogP contribution is 2.15. The second-order valence-corrected chi connectivity index (χ2v) is 2.94. The highest BCUT2D eigenvalue weighted by Gasteiger charge is 2.10. The summed E-state index contributed by atoms with van der Waals surface area (Å²) in [6, 6.07) is 0.0818. The van der Waals surface area contributed by atoms with E-state index >= 15 is 0 Å². The molecule has 0 saturated heterocycles. The monoisotopic (exact) mass is 196 g/mol. The normalized spacial score (nSPS) is 12.5. The summed E-state index contributed by atoms with van der Waals surface area (Å²) in [5.41, 5.74) is 0.864. The largest absolute Gasteiger partial charge is 0.395 e. The molecule has 1 atom stereocenters. The van der Waals surface area contributed by atoms with Crippen LogP contribution in [0.1, 0.15) is 18.7 Å². The van der Waals surface area contributed by atoms with Gasteiger partial charge in [-0.15, -0.1) is 0 Å². The molecule has 1 aromatic rings. The van der Waals surface area contributed by atoms with Gasteiger partial charge in [-0.2, -0.15) is 0 Å². The molecule has 0 fully saturated rings. The van der Waals surface area contributed by atoms with Crippen LogP contribution in [0, 0.1) is 0 Å². The molecule has 0 aliphatic rings. The lowest BCUT2D eigenvalue weighted by Gasteiger charge is -2.14. The number of aliphatic hydroxyl groups is 1. The van der Waals surface area contributed by atoms with Crippen molar-refractivity contribution in [2.24, 2.45) is 0 Å². The Balaban J connectivity index is 2.72. The lowest BCUT2D eigenvalue weighted by atomic mass is 10.2. The van der Waals surface area contributed by atoms with E-state index in [1.807, 2.05) is 14.0 Å². The highest BCUT2D eigenvalue weighted by molar-refractivity contribution is 5.40. The topological polar surface area (TPSA) is 70.1 Å². The van der Waals surface area contributed by atoms with E-state index in [0.29, 0.717) is 6.54 Å². The Kier molecular flexibility index (Phi) is 4.28. The minimum Gasteiger partial charge on any atom is -0.395 e. The summed E-state index contributed by atoms with van der Waals surface area (Å²) in [7, 11) is 1.81. The van der Waals surface area contributed by atoms with Crippen LogP contribution in [0.2, 0.25) is 0 Å². The van der Waals surface area contributed by atoms with Crippen molar-refractivity contribution in [2.45, 2.75) is 13.0 Å². The summed E-state index contributed by atoms with van der Waals surface area (Å²) in [6.45, 7) is 2.67. The smallest absolute Gasteiger partial charge is 0.149 e. The summed E-state index contributed by atoms with van der Waals surface area (Å²) in [5, 5.41) is 14.8. The third kappa shape index (κ3) is 2.65. The Labute approximate surface area is 83.6 Å². The van der Waals surface area contributed by atoms with Gasteiger partial charge in [0.15, 0.2) is 0 Å². The SMILES string of the molecule is CNc1nccnc1[C@@H](C)NCCO. The van der Waals surface area contributed by atoms with E-state index in [9.17, 15) is 0 Å². The quantitative estimate of drug-likeness (QED) is 0.626. The highest BCUT2D eigenvalue weighted by atomic mass is 16.3. The molecule has 0 amide bonds. The molecule has 0 aromatic carbocycles. The first-order valence-electron chi connectivity index (χ1n) is 4.62. The van der Waals surface area contributed by atoms with Crippen LogP contribution in [0.4, 0.5) is 5.82 Å². The fraction of sp³-hybridized carbons (Fsp3) is 0.556. The molecule has 78 valence electrons. The number of nitrogens with one attached hydrogen (secondary N) is 2. The minimum atomic E-state index is 0.0818. The maximum Gasteiger partial charge on any atom is 0.149 e. The summed E-state index contributed by atoms with van der Waals surface area (Å²) in [6.07, 6.45) is 3.31. The molecule has 5 nitrogen and oxygen atoms in total. The van der Waals surface area contributed by atoms with Gasteiger partial charge in [-0.25, -0.2) is 4.98 Å². The molecular formula is C9H16N4O. The van der Waals surface area contributed by atoms with Gasteiger partial charge < -0.3 is 15.7 Å². The Hall–Kier alpha value is -1.20. The van der Waals surface area contributed by atoms with Gasteiger partial charge in [-0.3, -0.25) is 4.98 Å². The Morgan fingerprint density at radius 3 is 2.79 bits per heavy atom. The first-order chi connectivity index (χ1) is 6.79. The molecule has 14 heavy (non-hydrogen) atoms. The van der Waals surface area contributed by atoms with Gasteiger partial charge >= 0.3 is 0 Å². The van der Waals surface area contributed by atoms with Gasteiger partial charge in [-0.1, -0.05) is 0 Å². The summed E-state index contributed by atoms with van der Waals surface area (Å²) < 4.78 is 0. The number of aromatic nitrogens is 2. The number of rotatable bonds is 5. The number of nitrogens with zero attached hydrogens (tertiary/aromatic N) is 2. The van der Waals surface area contributed by atoms with Gasteiger partial charge in [0.1, 0.15) is 5.82 Å². The fourth-order valence-electron chi connectivity index (χ4n) is 1.24. The van der Waals surface area contributed by atoms with Crippen LogP contribution < -0.4 is 10.6 Å². The summed E-state index contributed by atoms with van der Waals surface area (Å²) in [5.74, 6) is 0.769. The Morgan fingerprint density at radius 1 is 1.43 bits per heavy atom. The van der Waals surface area contributed by atoms with Crippen LogP contribution in [0.3, 0.4) is 0 Å². The first-order valence-corrected chi connectivity index (χ1v) is 4.62. The van der Waals surface area contributed by atoms with Gasteiger partial charge in [0.05, 0.1) is 18.3 Å². The molecule has 5 heteroatoms. The number of anilines is 1. The van der Waals surface area contributed by atoms with E-state index in [-0.39, 0.29) is 12.6 Å². The average Bonchev–Trinajstić information content (AvgIpc) is 2.25. The van der Waals surface area contributed by atoms with E-state index < -0.39 is 0 Å². The summed E-state index contributed by atoms with van der Waals surface area (Å²) in [4.78, 5) is 8.38. The zero-order chi connectivity index (χ0) is 10.4. The van der Waals surface area contributed by atoms with Gasteiger partial charge in [-0.05, 0) is 6.92 Å². The maximum absolute atomic E-state index is 8.67. The number of hydrogen-bond acceptors (Lipinski definition) is 5. The average molecular weight is 196 g/mol. The predicted molar refractivity (Wildman–Crippen MR) is 55.1 cm³/mol. The molecule has 0 bridgehead atoms. The predicted octanol–water partition coefficient (Wildman–Crippen LogP) is 0.161. The van der Waals surface area contributed by atoms with Crippen LogP contribution in [0.15, 0.2) is 12.4 Å². The molecule has 1 aromatic heterocycles. The van der Waals surface area contributed by atoms with Crippen LogP contribution in [0.25, 0.3) is 0 Å². The van der Waals surface area contributed by atoms with Crippen molar-refractivity contribution in [3.63, 3.8) is 0 Å². The molecular weight excluding hydrogens is 180 g/mol. The first kappa shape index (κ1) is 10.9. The van der Waals surface area contributed by atoms with E-state index in [4.69, 9.17) is 5.11 Å². The Morgan fingerprint density at radius 2 is 2.14 bits per heavy atom. The van der Waals surface area contributed by atoms with Crippen molar-refractivity contribution in [2.75, 3.05) is 25.5 Å². The third-order valence-electron chi connectivity index (χ3n) is 1.94. The molecule has 0 radical (unpaired) electrons. The van der Waals surface area contributed by atoms with E-state index in [1.54, 1.807) is 12.4 Å². The molecule has 1 rings (SSSR count). The number of aliphatic hydroxyl groups excluding tert-OH is 1. The zero-order valence-electron chi connectivity index (χ0n) is 8.49. The lowest BCUT2D eigenvalue weighted by molar-refractivity contribution is 0.286.